The van der Waals surface area contributed by atoms with Crippen molar-refractivity contribution in [2.45, 2.75) is 26.7 Å². The van der Waals surface area contributed by atoms with E-state index in [9.17, 15) is 14.9 Å². The van der Waals surface area contributed by atoms with E-state index >= 15 is 0 Å². The van der Waals surface area contributed by atoms with Gasteiger partial charge in [0, 0.05) is 18.7 Å². The number of hydrazine groups is 1. The number of carbonyl (C=O) groups excluding carboxylic acids is 1. The van der Waals surface area contributed by atoms with Crippen molar-refractivity contribution in [3.8, 4) is 0 Å². The van der Waals surface area contributed by atoms with Crippen LogP contribution in [0.5, 0.6) is 0 Å². The van der Waals surface area contributed by atoms with Crippen LogP contribution in [0.2, 0.25) is 0 Å². The molecule has 142 valence electrons. The maximum Gasteiger partial charge on any atom is 0.355 e. The fourth-order valence-corrected chi connectivity index (χ4v) is 3.09. The quantitative estimate of drug-likeness (QED) is 0.614. The smallest absolute Gasteiger partial charge is 0.351 e. The summed E-state index contributed by atoms with van der Waals surface area (Å²) >= 11 is 0. The summed E-state index contributed by atoms with van der Waals surface area (Å²) in [6.07, 6.45) is 3.17. The van der Waals surface area contributed by atoms with Crippen molar-refractivity contribution >= 4 is 23.2 Å². The first-order valence-electron chi connectivity index (χ1n) is 8.83. The van der Waals surface area contributed by atoms with Crippen molar-refractivity contribution in [3.63, 3.8) is 0 Å². The Labute approximate surface area is 156 Å². The maximum atomic E-state index is 12.3. The number of rotatable bonds is 5. The van der Waals surface area contributed by atoms with Gasteiger partial charge in [0.05, 0.1) is 4.92 Å². The first kappa shape index (κ1) is 18.6. The van der Waals surface area contributed by atoms with Crippen LogP contribution in [0.15, 0.2) is 30.6 Å². The topological polar surface area (TPSA) is 113 Å². The molecule has 9 nitrogen and oxygen atoms in total. The number of hydrogen-bond donors (Lipinski definition) is 2. The zero-order chi connectivity index (χ0) is 19.4. The number of amides is 1. The first-order chi connectivity index (χ1) is 13.0. The van der Waals surface area contributed by atoms with Crippen LogP contribution in [0, 0.1) is 23.0 Å². The van der Waals surface area contributed by atoms with Gasteiger partial charge in [-0.1, -0.05) is 25.1 Å². The molecule has 1 aliphatic rings. The molecule has 0 atom stereocenters. The molecule has 9 heteroatoms. The molecule has 0 aliphatic carbocycles. The van der Waals surface area contributed by atoms with Crippen molar-refractivity contribution in [3.05, 3.63) is 51.8 Å². The maximum absolute atomic E-state index is 12.3. The van der Waals surface area contributed by atoms with E-state index in [1.807, 2.05) is 24.0 Å². The molecule has 0 unspecified atom stereocenters. The van der Waals surface area contributed by atoms with Crippen molar-refractivity contribution in [2.75, 3.05) is 23.4 Å². The largest absolute Gasteiger partial charge is 0.355 e. The van der Waals surface area contributed by atoms with Gasteiger partial charge in [-0.3, -0.25) is 25.8 Å². The third-order valence-electron chi connectivity index (χ3n) is 4.75. The van der Waals surface area contributed by atoms with Crippen LogP contribution in [0.3, 0.4) is 0 Å². The highest BCUT2D eigenvalue weighted by atomic mass is 16.6. The molecule has 3 rings (SSSR count). The van der Waals surface area contributed by atoms with Crippen LogP contribution in [0.4, 0.5) is 17.3 Å². The minimum Gasteiger partial charge on any atom is -0.351 e. The van der Waals surface area contributed by atoms with Crippen molar-refractivity contribution in [1.82, 2.24) is 15.4 Å². The van der Waals surface area contributed by atoms with Gasteiger partial charge >= 0.3 is 5.69 Å². The summed E-state index contributed by atoms with van der Waals surface area (Å²) in [5.41, 5.74) is 6.12. The number of benzene rings is 1. The predicted octanol–water partition coefficient (Wildman–Crippen LogP) is 2.69. The Morgan fingerprint density at radius 1 is 1.26 bits per heavy atom. The highest BCUT2D eigenvalue weighted by Crippen LogP contribution is 2.33. The summed E-state index contributed by atoms with van der Waals surface area (Å²) in [5, 5.41) is 11.7. The number of carbonyl (C=O) groups is 1. The Kier molecular flexibility index (Phi) is 5.49. The molecule has 0 spiro atoms. The van der Waals surface area contributed by atoms with Crippen molar-refractivity contribution in [2.24, 2.45) is 5.92 Å². The number of hydrogen-bond acceptors (Lipinski definition) is 7. The number of aromatic nitrogens is 2. The zero-order valence-electron chi connectivity index (χ0n) is 15.3. The molecule has 2 aromatic rings. The molecule has 1 aromatic carbocycles. The number of piperidine rings is 1. The fourth-order valence-electron chi connectivity index (χ4n) is 3.09. The highest BCUT2D eigenvalue weighted by molar-refractivity contribution is 5.96. The van der Waals surface area contributed by atoms with E-state index in [4.69, 9.17) is 0 Å². The molecular formula is C18H22N6O3. The van der Waals surface area contributed by atoms with Gasteiger partial charge < -0.3 is 4.90 Å². The molecule has 1 saturated heterocycles. The van der Waals surface area contributed by atoms with Gasteiger partial charge in [-0.05, 0) is 37.3 Å². The monoisotopic (exact) mass is 370 g/mol. The molecule has 27 heavy (non-hydrogen) atoms. The van der Waals surface area contributed by atoms with Crippen molar-refractivity contribution < 1.29 is 9.72 Å². The summed E-state index contributed by atoms with van der Waals surface area (Å²) < 4.78 is 0. The van der Waals surface area contributed by atoms with Gasteiger partial charge in [0.25, 0.3) is 5.91 Å². The van der Waals surface area contributed by atoms with Crippen LogP contribution in [0.1, 0.15) is 35.7 Å². The molecule has 1 amide bonds. The summed E-state index contributed by atoms with van der Waals surface area (Å²) in [4.78, 5) is 33.5. The molecule has 0 bridgehead atoms. The average Bonchev–Trinajstić information content (AvgIpc) is 2.66. The minimum absolute atomic E-state index is 0.0365. The Bertz CT molecular complexity index is 849. The number of nitrogens with one attached hydrogen (secondary N) is 2. The Morgan fingerprint density at radius 2 is 1.96 bits per heavy atom. The Hall–Kier alpha value is -3.23. The lowest BCUT2D eigenvalue weighted by Crippen LogP contribution is -2.35. The van der Waals surface area contributed by atoms with Gasteiger partial charge in [-0.25, -0.2) is 9.97 Å². The number of nitrogens with zero attached hydrogens (tertiary/aromatic N) is 4. The second kappa shape index (κ2) is 7.98. The number of aryl methyl sites for hydroxylation is 1. The lowest BCUT2D eigenvalue weighted by molar-refractivity contribution is -0.383. The predicted molar refractivity (Wildman–Crippen MR) is 102 cm³/mol. The van der Waals surface area contributed by atoms with Crippen LogP contribution >= 0.6 is 0 Å². The molecular weight excluding hydrogens is 348 g/mol. The van der Waals surface area contributed by atoms with E-state index < -0.39 is 10.8 Å². The molecule has 2 heterocycles. The van der Waals surface area contributed by atoms with Crippen LogP contribution in [0.25, 0.3) is 0 Å². The number of nitro groups is 1. The lowest BCUT2D eigenvalue weighted by Gasteiger charge is -2.30. The third-order valence-corrected chi connectivity index (χ3v) is 4.75. The van der Waals surface area contributed by atoms with E-state index in [1.165, 1.54) is 6.33 Å². The highest BCUT2D eigenvalue weighted by Gasteiger charge is 2.29. The second-order valence-electron chi connectivity index (χ2n) is 6.72. The van der Waals surface area contributed by atoms with Crippen LogP contribution in [-0.2, 0) is 0 Å². The van der Waals surface area contributed by atoms with E-state index in [-0.39, 0.29) is 17.3 Å². The van der Waals surface area contributed by atoms with Gasteiger partial charge in [0.15, 0.2) is 0 Å². The van der Waals surface area contributed by atoms with Gasteiger partial charge in [0.1, 0.15) is 6.33 Å². The third kappa shape index (κ3) is 4.13. The first-order valence-corrected chi connectivity index (χ1v) is 8.83. The van der Waals surface area contributed by atoms with Gasteiger partial charge in [0.2, 0.25) is 11.6 Å². The minimum atomic E-state index is -0.518. The summed E-state index contributed by atoms with van der Waals surface area (Å²) in [5.74, 6) is 0.433. The molecule has 0 saturated carbocycles. The molecule has 2 N–H and O–H groups in total. The Balaban J connectivity index is 1.81. The SMILES string of the molecule is Cc1ccccc1C(=O)NNc1ncnc(N2CCC(C)CC2)c1[N+](=O)[O-]. The normalized spacial score (nSPS) is 14.7. The number of anilines is 2. The van der Waals surface area contributed by atoms with E-state index in [2.05, 4.69) is 27.7 Å². The van der Waals surface area contributed by atoms with Crippen molar-refractivity contribution in [1.29, 1.82) is 0 Å². The van der Waals surface area contributed by atoms with Gasteiger partial charge in [-0.2, -0.15) is 0 Å². The van der Waals surface area contributed by atoms with Crippen LogP contribution < -0.4 is 15.8 Å². The van der Waals surface area contributed by atoms with E-state index in [0.29, 0.717) is 24.6 Å². The van der Waals surface area contributed by atoms with E-state index in [1.54, 1.807) is 12.1 Å². The second-order valence-corrected chi connectivity index (χ2v) is 6.72. The molecule has 1 fully saturated rings. The summed E-state index contributed by atoms with van der Waals surface area (Å²) in [6.45, 7) is 5.39. The fraction of sp³-hybridized carbons (Fsp3) is 0.389. The average molecular weight is 370 g/mol. The zero-order valence-corrected chi connectivity index (χ0v) is 15.3. The standard InChI is InChI=1S/C18H22N6O3/c1-12-7-9-23(10-8-12)17-15(24(26)27)16(19-11-20-17)21-22-18(25)14-6-4-3-5-13(14)2/h3-6,11-12H,7-10H2,1-2H3,(H,22,25)(H,19,20,21). The molecule has 1 aromatic heterocycles. The summed E-state index contributed by atoms with van der Waals surface area (Å²) in [7, 11) is 0. The van der Waals surface area contributed by atoms with E-state index in [0.717, 1.165) is 18.4 Å². The molecule has 1 aliphatic heterocycles. The Morgan fingerprint density at radius 3 is 2.63 bits per heavy atom. The van der Waals surface area contributed by atoms with Gasteiger partial charge in [-0.15, -0.1) is 0 Å². The lowest BCUT2D eigenvalue weighted by atomic mass is 9.99. The molecule has 0 radical (unpaired) electrons. The van der Waals surface area contributed by atoms with Crippen LogP contribution in [-0.4, -0.2) is 33.9 Å². The summed E-state index contributed by atoms with van der Waals surface area (Å²) in [6, 6.07) is 7.09.